The fourth-order valence-electron chi connectivity index (χ4n) is 0.289. The van der Waals surface area contributed by atoms with Crippen LogP contribution >= 0.6 is 0 Å². The number of hydrogen-bond donors (Lipinski definition) is 0. The Bertz CT molecular complexity index is 24.7. The second-order valence-corrected chi connectivity index (χ2v) is 10.7. The van der Waals surface area contributed by atoms with Crippen LogP contribution < -0.4 is 0 Å². The highest BCUT2D eigenvalue weighted by atomic mass is 29.1. The van der Waals surface area contributed by atoms with Gasteiger partial charge >= 0.3 is 0 Å². The van der Waals surface area contributed by atoms with Gasteiger partial charge in [-0.3, -0.25) is 0 Å². The van der Waals surface area contributed by atoms with Crippen LogP contribution in [-0.4, -0.2) is 18.1 Å². The summed E-state index contributed by atoms with van der Waals surface area (Å²) in [7, 11) is 1.51. The van der Waals surface area contributed by atoms with Crippen molar-refractivity contribution in [1.29, 1.82) is 0 Å². The first kappa shape index (κ1) is 6.43. The lowest BCUT2D eigenvalue weighted by Gasteiger charge is -1.96. The Morgan fingerprint density at radius 2 is 1.67 bits per heavy atom. The van der Waals surface area contributed by atoms with Gasteiger partial charge in [0.2, 0.25) is 0 Å². The average Bonchev–Trinajstić information content (AvgIpc) is 1.65. The quantitative estimate of drug-likeness (QED) is 0.452. The molecular weight excluding hydrogens is 104 g/mol. The van der Waals surface area contributed by atoms with E-state index in [1.165, 1.54) is 21.8 Å². The van der Waals surface area contributed by atoms with Crippen molar-refractivity contribution in [3.63, 3.8) is 0 Å². The van der Waals surface area contributed by atoms with E-state index in [9.17, 15) is 0 Å². The van der Waals surface area contributed by atoms with Crippen LogP contribution in [0, 0.1) is 0 Å². The van der Waals surface area contributed by atoms with E-state index < -0.39 is 0 Å². The van der Waals surface area contributed by atoms with Crippen LogP contribution in [0.15, 0.2) is 0 Å². The van der Waals surface area contributed by atoms with E-state index >= 15 is 0 Å². The Morgan fingerprint density at radius 1 is 1.33 bits per heavy atom. The first-order chi connectivity index (χ1) is 2.81. The van der Waals surface area contributed by atoms with Gasteiger partial charge in [0.05, 0.1) is 0 Å². The lowest BCUT2D eigenvalue weighted by Crippen LogP contribution is -2.07. The van der Waals surface area contributed by atoms with Gasteiger partial charge < -0.3 is 0 Å². The second-order valence-electron chi connectivity index (χ2n) is 1.92. The van der Waals surface area contributed by atoms with Crippen LogP contribution in [-0.2, 0) is 0 Å². The van der Waals surface area contributed by atoms with E-state index in [0.29, 0.717) is 0 Å². The molecule has 0 aromatic heterocycles. The van der Waals surface area contributed by atoms with Gasteiger partial charge in [-0.2, -0.15) is 0 Å². The molecule has 0 atom stereocenters. The summed E-state index contributed by atoms with van der Waals surface area (Å²) >= 11 is 0. The lowest BCUT2D eigenvalue weighted by atomic mass is 11.0. The van der Waals surface area contributed by atoms with Gasteiger partial charge in [0.25, 0.3) is 0 Å². The second kappa shape index (κ2) is 3.62. The number of rotatable bonds is 2. The Hall–Kier alpha value is 0.434. The molecule has 0 aliphatic heterocycles. The van der Waals surface area contributed by atoms with E-state index in [-0.39, 0.29) is 8.31 Å². The molecule has 0 saturated carbocycles. The molecule has 0 amide bonds. The average molecular weight is 118 g/mol. The molecule has 0 spiro atoms. The third-order valence-corrected chi connectivity index (χ3v) is 9.08. The third-order valence-electron chi connectivity index (χ3n) is 1.39. The van der Waals surface area contributed by atoms with Crippen molar-refractivity contribution < 1.29 is 0 Å². The highest BCUT2D eigenvalue weighted by Crippen LogP contribution is 1.89. The van der Waals surface area contributed by atoms with E-state index in [1.54, 1.807) is 0 Å². The first-order valence-corrected chi connectivity index (χ1v) is 9.06. The maximum absolute atomic E-state index is 2.33. The van der Waals surface area contributed by atoms with Gasteiger partial charge in [0, 0.05) is 8.31 Å². The highest BCUT2D eigenvalue weighted by Gasteiger charge is 1.91. The summed E-state index contributed by atoms with van der Waals surface area (Å²) in [5.74, 6) is 0. The van der Waals surface area contributed by atoms with Crippen LogP contribution in [0.25, 0.3) is 0 Å². The molecule has 0 aliphatic rings. The minimum Gasteiger partial charge on any atom is -0.0683 e. The van der Waals surface area contributed by atoms with Gasteiger partial charge in [-0.05, 0) is 9.76 Å². The SMILES string of the molecule is CC[SiH]([SiH3])CC. The maximum Gasteiger partial charge on any atom is 0.0196 e. The highest BCUT2D eigenvalue weighted by molar-refractivity contribution is 7.03. The van der Waals surface area contributed by atoms with E-state index in [0.717, 1.165) is 0 Å². The third kappa shape index (κ3) is 2.66. The predicted molar refractivity (Wildman–Crippen MR) is 38.1 cm³/mol. The Labute approximate surface area is 44.8 Å². The Kier molecular flexibility index (Phi) is 3.88. The summed E-state index contributed by atoms with van der Waals surface area (Å²) in [6.45, 7) is 4.65. The van der Waals surface area contributed by atoms with Gasteiger partial charge in [-0.1, -0.05) is 25.9 Å². The molecule has 0 radical (unpaired) electrons. The summed E-state index contributed by atoms with van der Waals surface area (Å²) in [5.41, 5.74) is 0. The zero-order valence-corrected chi connectivity index (χ0v) is 8.15. The lowest BCUT2D eigenvalue weighted by molar-refractivity contribution is 1.35. The monoisotopic (exact) mass is 118 g/mol. The fraction of sp³-hybridized carbons (Fsp3) is 1.00. The molecule has 0 N–H and O–H groups in total. The van der Waals surface area contributed by atoms with Gasteiger partial charge in [0.15, 0.2) is 0 Å². The summed E-state index contributed by atoms with van der Waals surface area (Å²) in [4.78, 5) is 0. The zero-order chi connectivity index (χ0) is 4.99. The van der Waals surface area contributed by atoms with Crippen molar-refractivity contribution in [3.05, 3.63) is 0 Å². The van der Waals surface area contributed by atoms with Crippen LogP contribution in [0.1, 0.15) is 13.8 Å². The van der Waals surface area contributed by atoms with Crippen molar-refractivity contribution in [1.82, 2.24) is 0 Å². The molecule has 0 nitrogen and oxygen atoms in total. The molecule has 0 aliphatic carbocycles. The molecule has 0 aromatic carbocycles. The molecule has 0 bridgehead atoms. The van der Waals surface area contributed by atoms with Crippen molar-refractivity contribution in [2.45, 2.75) is 25.9 Å². The fourth-order valence-corrected chi connectivity index (χ4v) is 0.866. The molecule has 38 valence electrons. The molecule has 0 aromatic rings. The van der Waals surface area contributed by atoms with Crippen molar-refractivity contribution in [3.8, 4) is 0 Å². The molecule has 0 fully saturated rings. The smallest absolute Gasteiger partial charge is 0.0196 e. The number of hydrogen-bond acceptors (Lipinski definition) is 0. The predicted octanol–water partition coefficient (Wildman–Crippen LogP) is 0.115. The largest absolute Gasteiger partial charge is 0.0683 e. The summed E-state index contributed by atoms with van der Waals surface area (Å²) < 4.78 is 0. The zero-order valence-electron chi connectivity index (χ0n) is 4.99. The van der Waals surface area contributed by atoms with Crippen LogP contribution in [0.3, 0.4) is 0 Å². The first-order valence-electron chi connectivity index (χ1n) is 2.81. The molecular formula is C4H14Si2. The molecule has 0 saturated heterocycles. The van der Waals surface area contributed by atoms with Crippen LogP contribution in [0.4, 0.5) is 0 Å². The van der Waals surface area contributed by atoms with E-state index in [2.05, 4.69) is 13.8 Å². The normalized spacial score (nSPS) is 10.5. The maximum atomic E-state index is 2.33. The van der Waals surface area contributed by atoms with Gasteiger partial charge in [0.1, 0.15) is 0 Å². The van der Waals surface area contributed by atoms with Crippen LogP contribution in [0.2, 0.25) is 12.1 Å². The molecule has 0 heterocycles. The molecule has 0 rings (SSSR count). The topological polar surface area (TPSA) is 0 Å². The van der Waals surface area contributed by atoms with Crippen molar-refractivity contribution >= 4 is 18.1 Å². The van der Waals surface area contributed by atoms with Crippen molar-refractivity contribution in [2.24, 2.45) is 0 Å². The molecule has 2 heteroatoms. The summed E-state index contributed by atoms with van der Waals surface area (Å²) in [6, 6.07) is 3.06. The van der Waals surface area contributed by atoms with Crippen molar-refractivity contribution in [2.75, 3.05) is 0 Å². The standard InChI is InChI=1S/C4H14Si2/c1-3-6(5)4-2/h6H,3-4H2,1-2,5H3. The Morgan fingerprint density at radius 3 is 1.67 bits per heavy atom. The van der Waals surface area contributed by atoms with Crippen LogP contribution in [0.5, 0.6) is 0 Å². The van der Waals surface area contributed by atoms with Gasteiger partial charge in [-0.25, -0.2) is 0 Å². The molecule has 0 unspecified atom stereocenters. The summed E-state index contributed by atoms with van der Waals surface area (Å²) in [6.07, 6.45) is 0. The van der Waals surface area contributed by atoms with E-state index in [4.69, 9.17) is 0 Å². The summed E-state index contributed by atoms with van der Waals surface area (Å²) in [5, 5.41) is 0. The molecule has 6 heavy (non-hydrogen) atoms. The minimum absolute atomic E-state index is 0.0216. The van der Waals surface area contributed by atoms with Gasteiger partial charge in [-0.15, -0.1) is 0 Å². The Balaban J connectivity index is 2.75. The van der Waals surface area contributed by atoms with E-state index in [1.807, 2.05) is 0 Å². The minimum atomic E-state index is -0.0216.